The fraction of sp³-hybridized carbons (Fsp3) is 0.600. The molecule has 7 heteroatoms. The van der Waals surface area contributed by atoms with Gasteiger partial charge in [-0.3, -0.25) is 9.59 Å². The van der Waals surface area contributed by atoms with Gasteiger partial charge in [-0.15, -0.1) is 0 Å². The van der Waals surface area contributed by atoms with Crippen molar-refractivity contribution in [2.45, 2.75) is 50.2 Å². The molecule has 0 radical (unpaired) electrons. The predicted molar refractivity (Wildman–Crippen MR) is 99.0 cm³/mol. The van der Waals surface area contributed by atoms with Crippen molar-refractivity contribution in [3.05, 3.63) is 18.2 Å². The summed E-state index contributed by atoms with van der Waals surface area (Å²) in [5.41, 5.74) is 0.763. The molecule has 0 spiro atoms. The Morgan fingerprint density at radius 3 is 2.59 bits per heavy atom. The maximum Gasteiger partial charge on any atom is 0.239 e. The van der Waals surface area contributed by atoms with E-state index in [-0.39, 0.29) is 17.9 Å². The SMILES string of the molecule is O=C(NC1CC2CCC(C1)N2)C1CCN(c2ccc3c(c2)OCCO3)C1=O. The van der Waals surface area contributed by atoms with Gasteiger partial charge in [-0.2, -0.15) is 0 Å². The molecule has 3 atom stereocenters. The highest BCUT2D eigenvalue weighted by atomic mass is 16.6. The van der Waals surface area contributed by atoms with Gasteiger partial charge in [-0.1, -0.05) is 0 Å². The molecule has 4 aliphatic heterocycles. The fourth-order valence-electron chi connectivity index (χ4n) is 4.86. The molecule has 0 aliphatic carbocycles. The van der Waals surface area contributed by atoms with Crippen LogP contribution >= 0.6 is 0 Å². The van der Waals surface area contributed by atoms with Crippen LogP contribution in [0.15, 0.2) is 18.2 Å². The van der Waals surface area contributed by atoms with Crippen molar-refractivity contribution in [2.24, 2.45) is 5.92 Å². The number of hydrogen-bond acceptors (Lipinski definition) is 5. The Labute approximate surface area is 158 Å². The lowest BCUT2D eigenvalue weighted by molar-refractivity contribution is -0.132. The van der Waals surface area contributed by atoms with Gasteiger partial charge in [0.05, 0.1) is 0 Å². The van der Waals surface area contributed by atoms with Crippen molar-refractivity contribution >= 4 is 17.5 Å². The molecule has 3 saturated heterocycles. The minimum Gasteiger partial charge on any atom is -0.486 e. The normalized spacial score (nSPS) is 31.9. The van der Waals surface area contributed by atoms with Crippen molar-refractivity contribution < 1.29 is 19.1 Å². The highest BCUT2D eigenvalue weighted by Gasteiger charge is 2.40. The first-order valence-electron chi connectivity index (χ1n) is 9.95. The van der Waals surface area contributed by atoms with Gasteiger partial charge in [-0.25, -0.2) is 0 Å². The van der Waals surface area contributed by atoms with Crippen molar-refractivity contribution in [3.63, 3.8) is 0 Å². The Bertz CT molecular complexity index is 756. The van der Waals surface area contributed by atoms with Gasteiger partial charge in [0.2, 0.25) is 11.8 Å². The zero-order valence-corrected chi connectivity index (χ0v) is 15.3. The zero-order valence-electron chi connectivity index (χ0n) is 15.3. The molecule has 7 nitrogen and oxygen atoms in total. The third kappa shape index (κ3) is 3.14. The van der Waals surface area contributed by atoms with E-state index < -0.39 is 5.92 Å². The van der Waals surface area contributed by atoms with Gasteiger partial charge in [0.15, 0.2) is 11.5 Å². The zero-order chi connectivity index (χ0) is 18.4. The molecule has 4 heterocycles. The standard InChI is InChI=1S/C20H25N3O4/c24-19(22-14-9-12-1-2-13(10-14)21-12)16-5-6-23(20(16)25)15-3-4-17-18(11-15)27-8-7-26-17/h3-4,11-14,16,21H,1-2,5-10H2,(H,22,24). The smallest absolute Gasteiger partial charge is 0.239 e. The molecule has 3 fully saturated rings. The van der Waals surface area contributed by atoms with Gasteiger partial charge in [0, 0.05) is 36.4 Å². The van der Waals surface area contributed by atoms with Gasteiger partial charge in [0.25, 0.3) is 0 Å². The minimum absolute atomic E-state index is 0.119. The molecular weight excluding hydrogens is 346 g/mol. The van der Waals surface area contributed by atoms with Gasteiger partial charge in [0.1, 0.15) is 19.1 Å². The molecule has 2 amide bonds. The first-order valence-corrected chi connectivity index (χ1v) is 9.95. The van der Waals surface area contributed by atoms with Crippen LogP contribution < -0.4 is 25.0 Å². The van der Waals surface area contributed by atoms with E-state index in [1.54, 1.807) is 4.90 Å². The molecular formula is C20H25N3O4. The van der Waals surface area contributed by atoms with E-state index in [1.165, 1.54) is 12.8 Å². The van der Waals surface area contributed by atoms with Crippen molar-refractivity contribution in [1.29, 1.82) is 0 Å². The number of carbonyl (C=O) groups excluding carboxylic acids is 2. The first-order chi connectivity index (χ1) is 13.2. The topological polar surface area (TPSA) is 79.9 Å². The van der Waals surface area contributed by atoms with Gasteiger partial charge in [-0.05, 0) is 44.2 Å². The summed E-state index contributed by atoms with van der Waals surface area (Å²) < 4.78 is 11.1. The fourth-order valence-corrected chi connectivity index (χ4v) is 4.86. The Morgan fingerprint density at radius 2 is 1.81 bits per heavy atom. The average Bonchev–Trinajstić information content (AvgIpc) is 3.23. The second-order valence-corrected chi connectivity index (χ2v) is 7.97. The number of benzene rings is 1. The lowest BCUT2D eigenvalue weighted by Gasteiger charge is -2.30. The molecule has 1 aromatic rings. The second kappa shape index (κ2) is 6.71. The molecule has 5 rings (SSSR count). The van der Waals surface area contributed by atoms with E-state index in [4.69, 9.17) is 9.47 Å². The number of rotatable bonds is 3. The molecule has 0 saturated carbocycles. The molecule has 144 valence electrons. The number of ether oxygens (including phenoxy) is 2. The number of nitrogens with zero attached hydrogens (tertiary/aromatic N) is 1. The maximum absolute atomic E-state index is 12.9. The van der Waals surface area contributed by atoms with Crippen LogP contribution in [-0.2, 0) is 9.59 Å². The predicted octanol–water partition coefficient (Wildman–Crippen LogP) is 1.21. The summed E-state index contributed by atoms with van der Waals surface area (Å²) in [6.07, 6.45) is 4.87. The largest absolute Gasteiger partial charge is 0.486 e. The summed E-state index contributed by atoms with van der Waals surface area (Å²) in [5.74, 6) is 0.522. The monoisotopic (exact) mass is 371 g/mol. The van der Waals surface area contributed by atoms with Crippen molar-refractivity contribution in [1.82, 2.24) is 10.6 Å². The van der Waals surface area contributed by atoms with Crippen LogP contribution in [0.3, 0.4) is 0 Å². The molecule has 3 unspecified atom stereocenters. The van der Waals surface area contributed by atoms with E-state index in [0.717, 1.165) is 18.5 Å². The van der Waals surface area contributed by atoms with Crippen molar-refractivity contribution in [2.75, 3.05) is 24.7 Å². The number of piperidine rings is 1. The number of fused-ring (bicyclic) bond motifs is 3. The van der Waals surface area contributed by atoms with Crippen LogP contribution in [0, 0.1) is 5.92 Å². The third-order valence-corrected chi connectivity index (χ3v) is 6.18. The van der Waals surface area contributed by atoms with E-state index in [2.05, 4.69) is 10.6 Å². The van der Waals surface area contributed by atoms with Crippen LogP contribution in [0.25, 0.3) is 0 Å². The van der Waals surface area contributed by atoms with E-state index in [0.29, 0.717) is 49.8 Å². The summed E-state index contributed by atoms with van der Waals surface area (Å²) in [7, 11) is 0. The van der Waals surface area contributed by atoms with Crippen LogP contribution in [0.4, 0.5) is 5.69 Å². The number of hydrogen-bond donors (Lipinski definition) is 2. The summed E-state index contributed by atoms with van der Waals surface area (Å²) in [6, 6.07) is 6.74. The Hall–Kier alpha value is -2.28. The van der Waals surface area contributed by atoms with E-state index >= 15 is 0 Å². The summed E-state index contributed by atoms with van der Waals surface area (Å²) in [5, 5.41) is 6.72. The number of anilines is 1. The number of amides is 2. The van der Waals surface area contributed by atoms with Crippen LogP contribution in [0.1, 0.15) is 32.1 Å². The first kappa shape index (κ1) is 16.9. The van der Waals surface area contributed by atoms with E-state index in [1.807, 2.05) is 18.2 Å². The van der Waals surface area contributed by atoms with Crippen molar-refractivity contribution in [3.8, 4) is 11.5 Å². The number of carbonyl (C=O) groups is 2. The Morgan fingerprint density at radius 1 is 1.07 bits per heavy atom. The number of nitrogens with one attached hydrogen (secondary N) is 2. The molecule has 0 aromatic heterocycles. The quantitative estimate of drug-likeness (QED) is 0.781. The molecule has 1 aromatic carbocycles. The third-order valence-electron chi connectivity index (χ3n) is 6.18. The Balaban J connectivity index is 1.25. The van der Waals surface area contributed by atoms with Gasteiger partial charge >= 0.3 is 0 Å². The second-order valence-electron chi connectivity index (χ2n) is 7.97. The summed E-state index contributed by atoms with van der Waals surface area (Å²) >= 11 is 0. The maximum atomic E-state index is 12.9. The molecule has 2 bridgehead atoms. The van der Waals surface area contributed by atoms with Crippen LogP contribution in [0.2, 0.25) is 0 Å². The Kier molecular flexibility index (Phi) is 4.19. The average molecular weight is 371 g/mol. The summed E-state index contributed by atoms with van der Waals surface area (Å²) in [6.45, 7) is 1.59. The molecule has 27 heavy (non-hydrogen) atoms. The minimum atomic E-state index is -0.592. The summed E-state index contributed by atoms with van der Waals surface area (Å²) in [4.78, 5) is 27.3. The van der Waals surface area contributed by atoms with Crippen LogP contribution in [0.5, 0.6) is 11.5 Å². The highest BCUT2D eigenvalue weighted by Crippen LogP contribution is 2.36. The lowest BCUT2D eigenvalue weighted by atomic mass is 9.98. The van der Waals surface area contributed by atoms with Gasteiger partial charge < -0.3 is 25.0 Å². The van der Waals surface area contributed by atoms with E-state index in [9.17, 15) is 9.59 Å². The lowest BCUT2D eigenvalue weighted by Crippen LogP contribution is -2.50. The highest BCUT2D eigenvalue weighted by molar-refractivity contribution is 6.09. The molecule has 2 N–H and O–H groups in total. The van der Waals surface area contributed by atoms with Crippen LogP contribution in [-0.4, -0.2) is 49.7 Å². The molecule has 4 aliphatic rings.